The number of halogens is 1. The first kappa shape index (κ1) is 32.3. The smallest absolute Gasteiger partial charge is 0.243 e. The van der Waals surface area contributed by atoms with Crippen molar-refractivity contribution in [2.75, 3.05) is 17.1 Å². The molecule has 2 unspecified atom stereocenters. The first-order valence-corrected chi connectivity index (χ1v) is 16.5. The summed E-state index contributed by atoms with van der Waals surface area (Å²) in [7, 11) is -3.56. The van der Waals surface area contributed by atoms with Crippen molar-refractivity contribution in [1.29, 1.82) is 0 Å². The van der Waals surface area contributed by atoms with Crippen LogP contribution < -0.4 is 9.62 Å². The molecule has 0 spiro atoms. The maximum absolute atomic E-state index is 13.9. The van der Waals surface area contributed by atoms with Crippen LogP contribution in [0.25, 0.3) is 0 Å². The molecule has 0 bridgehead atoms. The van der Waals surface area contributed by atoms with Gasteiger partial charge in [-0.05, 0) is 61.6 Å². The largest absolute Gasteiger partial charge is 0.352 e. The van der Waals surface area contributed by atoms with Crippen molar-refractivity contribution in [3.05, 3.63) is 100 Å². The van der Waals surface area contributed by atoms with Crippen molar-refractivity contribution in [1.82, 2.24) is 10.2 Å². The van der Waals surface area contributed by atoms with Gasteiger partial charge in [-0.3, -0.25) is 13.9 Å². The van der Waals surface area contributed by atoms with Crippen molar-refractivity contribution in [2.45, 2.75) is 65.1 Å². The highest BCUT2D eigenvalue weighted by Crippen LogP contribution is 2.23. The number of anilines is 1. The molecular formula is C32H40BrN3O4S. The third-order valence-electron chi connectivity index (χ3n) is 7.07. The van der Waals surface area contributed by atoms with Crippen molar-refractivity contribution < 1.29 is 18.0 Å². The zero-order valence-electron chi connectivity index (χ0n) is 24.2. The van der Waals surface area contributed by atoms with Crippen LogP contribution >= 0.6 is 15.9 Å². The highest BCUT2D eigenvalue weighted by molar-refractivity contribution is 9.10. The van der Waals surface area contributed by atoms with E-state index in [1.165, 1.54) is 10.6 Å². The zero-order chi connectivity index (χ0) is 30.0. The van der Waals surface area contributed by atoms with E-state index in [-0.39, 0.29) is 37.4 Å². The van der Waals surface area contributed by atoms with Gasteiger partial charge in [0.05, 0.1) is 11.9 Å². The van der Waals surface area contributed by atoms with Gasteiger partial charge in [-0.2, -0.15) is 0 Å². The number of aryl methyl sites for hydroxylation is 1. The maximum Gasteiger partial charge on any atom is 0.243 e. The molecule has 220 valence electrons. The minimum atomic E-state index is -3.56. The van der Waals surface area contributed by atoms with E-state index in [1.807, 2.05) is 87.5 Å². The van der Waals surface area contributed by atoms with Gasteiger partial charge in [-0.15, -0.1) is 0 Å². The van der Waals surface area contributed by atoms with E-state index >= 15 is 0 Å². The van der Waals surface area contributed by atoms with Crippen LogP contribution in [0, 0.1) is 6.92 Å². The number of nitrogens with one attached hydrogen (secondary N) is 1. The molecule has 0 fully saturated rings. The molecule has 0 aromatic heterocycles. The lowest BCUT2D eigenvalue weighted by Crippen LogP contribution is -2.52. The summed E-state index contributed by atoms with van der Waals surface area (Å²) in [5.41, 5.74) is 3.29. The van der Waals surface area contributed by atoms with Crippen molar-refractivity contribution in [2.24, 2.45) is 0 Å². The molecule has 0 radical (unpaired) electrons. The van der Waals surface area contributed by atoms with Gasteiger partial charge < -0.3 is 10.2 Å². The predicted molar refractivity (Wildman–Crippen MR) is 169 cm³/mol. The average Bonchev–Trinajstić information content (AvgIpc) is 2.94. The molecule has 3 rings (SSSR count). The van der Waals surface area contributed by atoms with Crippen LogP contribution in [-0.2, 0) is 32.6 Å². The third kappa shape index (κ3) is 9.71. The lowest BCUT2D eigenvalue weighted by molar-refractivity contribution is -0.141. The number of sulfonamides is 1. The van der Waals surface area contributed by atoms with E-state index in [9.17, 15) is 18.0 Å². The van der Waals surface area contributed by atoms with E-state index in [1.54, 1.807) is 17.0 Å². The first-order chi connectivity index (χ1) is 19.5. The number of hydrogen-bond donors (Lipinski definition) is 1. The molecule has 2 amide bonds. The minimum absolute atomic E-state index is 0.0390. The van der Waals surface area contributed by atoms with Crippen LogP contribution in [0.3, 0.4) is 0 Å². The number of hydrogen-bond acceptors (Lipinski definition) is 4. The van der Waals surface area contributed by atoms with E-state index in [0.29, 0.717) is 18.5 Å². The highest BCUT2D eigenvalue weighted by Gasteiger charge is 2.31. The van der Waals surface area contributed by atoms with Gasteiger partial charge in [0.2, 0.25) is 21.8 Å². The lowest BCUT2D eigenvalue weighted by Gasteiger charge is -2.33. The molecule has 0 aliphatic rings. The van der Waals surface area contributed by atoms with Crippen molar-refractivity contribution in [3.8, 4) is 0 Å². The van der Waals surface area contributed by atoms with Gasteiger partial charge in [0.15, 0.2) is 0 Å². The van der Waals surface area contributed by atoms with E-state index in [2.05, 4.69) is 21.2 Å². The van der Waals surface area contributed by atoms with Gasteiger partial charge in [0.25, 0.3) is 0 Å². The second kappa shape index (κ2) is 15.2. The van der Waals surface area contributed by atoms with Crippen LogP contribution in [0.15, 0.2) is 83.3 Å². The fourth-order valence-corrected chi connectivity index (χ4v) is 5.89. The molecule has 0 saturated heterocycles. The SMILES string of the molecule is CCC(C)NC(=O)C(Cc1ccccc1)N(Cc1ccc(Br)cc1)C(=O)CCCN(c1ccccc1C)S(C)(=O)=O. The highest BCUT2D eigenvalue weighted by atomic mass is 79.9. The number of benzene rings is 3. The lowest BCUT2D eigenvalue weighted by atomic mass is 10.0. The summed E-state index contributed by atoms with van der Waals surface area (Å²) in [5.74, 6) is -0.405. The molecular weight excluding hydrogens is 602 g/mol. The summed E-state index contributed by atoms with van der Waals surface area (Å²) in [4.78, 5) is 29.2. The maximum atomic E-state index is 13.9. The standard InChI is InChI=1S/C32H40BrN3O4S/c1-5-25(3)34-32(38)30(22-26-13-7-6-8-14-26)35(23-27-17-19-28(33)20-18-27)31(37)16-11-21-36(41(4,39)40)29-15-10-9-12-24(29)2/h6-10,12-15,17-20,25,30H,5,11,16,21-23H2,1-4H3,(H,34,38). The van der Waals surface area contributed by atoms with Gasteiger partial charge in [-0.1, -0.05) is 83.5 Å². The molecule has 0 aliphatic carbocycles. The summed E-state index contributed by atoms with van der Waals surface area (Å²) in [6, 6.07) is 23.9. The Bertz CT molecular complexity index is 1400. The molecule has 0 heterocycles. The third-order valence-corrected chi connectivity index (χ3v) is 8.78. The van der Waals surface area contributed by atoms with E-state index < -0.39 is 16.1 Å². The van der Waals surface area contributed by atoms with Crippen molar-refractivity contribution in [3.63, 3.8) is 0 Å². The fourth-order valence-electron chi connectivity index (χ4n) is 4.61. The van der Waals surface area contributed by atoms with Crippen LogP contribution in [-0.4, -0.2) is 50.0 Å². The average molecular weight is 643 g/mol. The Morgan fingerprint density at radius 3 is 2.17 bits per heavy atom. The van der Waals surface area contributed by atoms with Crippen LogP contribution in [0.4, 0.5) is 5.69 Å². The van der Waals surface area contributed by atoms with Crippen LogP contribution in [0.1, 0.15) is 49.8 Å². The Labute approximate surface area is 253 Å². The molecule has 7 nitrogen and oxygen atoms in total. The van der Waals surface area contributed by atoms with Gasteiger partial charge >= 0.3 is 0 Å². The van der Waals surface area contributed by atoms with E-state index in [0.717, 1.165) is 27.6 Å². The Hall–Kier alpha value is -3.17. The number of nitrogens with zero attached hydrogens (tertiary/aromatic N) is 2. The van der Waals surface area contributed by atoms with Gasteiger partial charge in [0.1, 0.15) is 6.04 Å². The molecule has 3 aromatic rings. The molecule has 0 saturated carbocycles. The summed E-state index contributed by atoms with van der Waals surface area (Å²) in [6.45, 7) is 6.23. The van der Waals surface area contributed by atoms with Gasteiger partial charge in [0, 0.05) is 36.4 Å². The second-order valence-electron chi connectivity index (χ2n) is 10.4. The Morgan fingerprint density at radius 2 is 1.56 bits per heavy atom. The predicted octanol–water partition coefficient (Wildman–Crippen LogP) is 5.86. The number of rotatable bonds is 14. The first-order valence-electron chi connectivity index (χ1n) is 13.9. The molecule has 3 aromatic carbocycles. The van der Waals surface area contributed by atoms with Crippen LogP contribution in [0.2, 0.25) is 0 Å². The zero-order valence-corrected chi connectivity index (χ0v) is 26.6. The normalized spacial score (nSPS) is 12.8. The number of carbonyl (C=O) groups excluding carboxylic acids is 2. The number of amides is 2. The summed E-state index contributed by atoms with van der Waals surface area (Å²) in [5, 5.41) is 3.07. The quantitative estimate of drug-likeness (QED) is 0.239. The molecule has 2 atom stereocenters. The molecule has 9 heteroatoms. The monoisotopic (exact) mass is 641 g/mol. The summed E-state index contributed by atoms with van der Waals surface area (Å²) in [6.07, 6.45) is 2.71. The number of para-hydroxylation sites is 1. The van der Waals surface area contributed by atoms with Crippen molar-refractivity contribution >= 4 is 43.5 Å². The summed E-state index contributed by atoms with van der Waals surface area (Å²) >= 11 is 3.46. The second-order valence-corrected chi connectivity index (χ2v) is 13.2. The Morgan fingerprint density at radius 1 is 0.927 bits per heavy atom. The van der Waals surface area contributed by atoms with Crippen LogP contribution in [0.5, 0.6) is 0 Å². The number of carbonyl (C=O) groups is 2. The topological polar surface area (TPSA) is 86.8 Å². The van der Waals surface area contributed by atoms with Gasteiger partial charge in [-0.25, -0.2) is 8.42 Å². The fraction of sp³-hybridized carbons (Fsp3) is 0.375. The molecule has 0 aliphatic heterocycles. The Balaban J connectivity index is 1.89. The summed E-state index contributed by atoms with van der Waals surface area (Å²) < 4.78 is 27.6. The molecule has 1 N–H and O–H groups in total. The van der Waals surface area contributed by atoms with E-state index in [4.69, 9.17) is 0 Å². The minimum Gasteiger partial charge on any atom is -0.352 e. The molecule has 41 heavy (non-hydrogen) atoms. The Kier molecular flexibility index (Phi) is 12.0.